The first-order chi connectivity index (χ1) is 26.5. The number of methoxy groups -OCH3 is 2. The van der Waals surface area contributed by atoms with E-state index < -0.39 is 24.3 Å². The highest BCUT2D eigenvalue weighted by Gasteiger charge is 2.49. The Morgan fingerprint density at radius 2 is 0.963 bits per heavy atom. The maximum atomic E-state index is 15.5. The molecule has 282 valence electrons. The van der Waals surface area contributed by atoms with E-state index in [0.717, 1.165) is 22.3 Å². The van der Waals surface area contributed by atoms with Crippen molar-refractivity contribution < 1.29 is 33.2 Å². The van der Waals surface area contributed by atoms with Crippen LogP contribution in [0, 0.1) is 22.7 Å². The summed E-state index contributed by atoms with van der Waals surface area (Å²) in [5.74, 6) is 0. The van der Waals surface area contributed by atoms with Gasteiger partial charge in [0.2, 0.25) is 0 Å². The molecule has 0 radical (unpaired) electrons. The maximum Gasteiger partial charge on any atom is 0.321 e. The van der Waals surface area contributed by atoms with Crippen molar-refractivity contribution in [1.82, 2.24) is 9.80 Å². The summed E-state index contributed by atoms with van der Waals surface area (Å²) in [6.07, 6.45) is -0.557. The van der Waals surface area contributed by atoms with E-state index >= 15 is 4.79 Å². The zero-order chi connectivity index (χ0) is 38.0. The highest BCUT2D eigenvalue weighted by Crippen LogP contribution is 2.33. The van der Waals surface area contributed by atoms with E-state index in [9.17, 15) is 10.5 Å². The lowest BCUT2D eigenvalue weighted by Gasteiger charge is -2.38. The Kier molecular flexibility index (Phi) is 16.0. The van der Waals surface area contributed by atoms with Crippen molar-refractivity contribution in [2.24, 2.45) is 0 Å². The smallest absolute Gasteiger partial charge is 0.321 e. The lowest BCUT2D eigenvalue weighted by atomic mass is 9.90. The summed E-state index contributed by atoms with van der Waals surface area (Å²) >= 11 is 0. The first-order valence-corrected chi connectivity index (χ1v) is 18.0. The number of nitriles is 2. The van der Waals surface area contributed by atoms with E-state index in [0.29, 0.717) is 50.4 Å². The molecule has 54 heavy (non-hydrogen) atoms. The summed E-state index contributed by atoms with van der Waals surface area (Å²) in [4.78, 5) is 19.2. The minimum absolute atomic E-state index is 0.0715. The van der Waals surface area contributed by atoms with Crippen LogP contribution in [-0.4, -0.2) is 94.4 Å². The number of carbonyl (C=O) groups is 1. The van der Waals surface area contributed by atoms with Crippen molar-refractivity contribution in [3.63, 3.8) is 0 Å². The van der Waals surface area contributed by atoms with Gasteiger partial charge in [-0.1, -0.05) is 84.9 Å². The van der Waals surface area contributed by atoms with E-state index in [1.54, 1.807) is 38.5 Å². The normalized spacial score (nSPS) is 18.6. The molecule has 11 heteroatoms. The molecule has 0 spiro atoms. The van der Waals surface area contributed by atoms with Crippen molar-refractivity contribution in [3.05, 3.63) is 143 Å². The van der Waals surface area contributed by atoms with Gasteiger partial charge in [-0.3, -0.25) is 0 Å². The van der Waals surface area contributed by atoms with Crippen molar-refractivity contribution in [2.75, 3.05) is 54.2 Å². The largest absolute Gasteiger partial charge is 0.382 e. The average molecular weight is 733 g/mol. The summed E-state index contributed by atoms with van der Waals surface area (Å²) < 4.78 is 35.7. The second-order valence-corrected chi connectivity index (χ2v) is 13.0. The Bertz CT molecular complexity index is 1680. The third kappa shape index (κ3) is 11.4. The quantitative estimate of drug-likeness (QED) is 0.0783. The number of rotatable bonds is 20. The standard InChI is InChI=1S/C43H48N4O7/c1-49-19-21-51-31-53-41-39(25-33-11-5-3-6-12-33)46(29-37-17-9-15-35(23-37)27-44)43(48)47(30-38-18-10-16-36(24-38)28-45)40(26-34-13-7-4-8-14-34)42(41)54-32-52-22-20-50-2/h3-18,23-24,39-42H,19-22,25-26,29-32H2,1-2H3/t39-,40-,41+,42+/m1/s1. The van der Waals surface area contributed by atoms with Crippen LogP contribution in [0.25, 0.3) is 0 Å². The summed E-state index contributed by atoms with van der Waals surface area (Å²) in [6, 6.07) is 37.7. The van der Waals surface area contributed by atoms with Crippen molar-refractivity contribution in [3.8, 4) is 12.1 Å². The summed E-state index contributed by atoms with van der Waals surface area (Å²) in [5.41, 5.74) is 4.59. The fourth-order valence-electron chi connectivity index (χ4n) is 6.71. The third-order valence-electron chi connectivity index (χ3n) is 9.32. The number of ether oxygens (including phenoxy) is 6. The van der Waals surface area contributed by atoms with E-state index in [2.05, 4.69) is 12.1 Å². The summed E-state index contributed by atoms with van der Waals surface area (Å²) in [7, 11) is 3.22. The van der Waals surface area contributed by atoms with Crippen LogP contribution in [-0.2, 0) is 54.4 Å². The zero-order valence-corrected chi connectivity index (χ0v) is 30.9. The van der Waals surface area contributed by atoms with E-state index in [1.165, 1.54) is 0 Å². The van der Waals surface area contributed by atoms with Gasteiger partial charge in [0.05, 0.1) is 61.8 Å². The Morgan fingerprint density at radius 3 is 1.35 bits per heavy atom. The fraction of sp³-hybridized carbons (Fsp3) is 0.372. The van der Waals surface area contributed by atoms with Gasteiger partial charge in [-0.15, -0.1) is 0 Å². The minimum atomic E-state index is -0.717. The van der Waals surface area contributed by atoms with E-state index in [-0.39, 0.29) is 32.7 Å². The van der Waals surface area contributed by atoms with Gasteiger partial charge in [0.1, 0.15) is 25.8 Å². The average Bonchev–Trinajstić information content (AvgIpc) is 3.28. The molecule has 0 unspecified atom stereocenters. The van der Waals surface area contributed by atoms with Gasteiger partial charge in [0, 0.05) is 27.3 Å². The number of hydrogen-bond donors (Lipinski definition) is 0. The minimum Gasteiger partial charge on any atom is -0.382 e. The van der Waals surface area contributed by atoms with Crippen LogP contribution >= 0.6 is 0 Å². The Labute approximate surface area is 318 Å². The van der Waals surface area contributed by atoms with Crippen LogP contribution in [0.3, 0.4) is 0 Å². The van der Waals surface area contributed by atoms with Crippen molar-refractivity contribution in [2.45, 2.75) is 50.2 Å². The van der Waals surface area contributed by atoms with Gasteiger partial charge < -0.3 is 38.2 Å². The monoisotopic (exact) mass is 732 g/mol. The first-order valence-electron chi connectivity index (χ1n) is 18.0. The molecule has 0 aliphatic carbocycles. The molecule has 1 saturated heterocycles. The molecular weight excluding hydrogens is 684 g/mol. The predicted octanol–water partition coefficient (Wildman–Crippen LogP) is 6.10. The molecule has 1 heterocycles. The molecular formula is C43H48N4O7. The molecule has 4 atom stereocenters. The highest BCUT2D eigenvalue weighted by atomic mass is 16.7. The molecule has 1 fully saturated rings. The number of nitrogens with zero attached hydrogens (tertiary/aromatic N) is 4. The molecule has 0 bridgehead atoms. The molecule has 5 rings (SSSR count). The van der Waals surface area contributed by atoms with Gasteiger partial charge in [-0.2, -0.15) is 10.5 Å². The molecule has 1 aliphatic rings. The summed E-state index contributed by atoms with van der Waals surface area (Å²) in [6.45, 7) is 1.66. The molecule has 0 N–H and O–H groups in total. The second-order valence-electron chi connectivity index (χ2n) is 13.0. The second kappa shape index (κ2) is 21.6. The topological polar surface area (TPSA) is 127 Å². The van der Waals surface area contributed by atoms with Gasteiger partial charge in [-0.25, -0.2) is 4.79 Å². The summed E-state index contributed by atoms with van der Waals surface area (Å²) in [5, 5.41) is 19.5. The molecule has 0 saturated carbocycles. The van der Waals surface area contributed by atoms with Crippen LogP contribution < -0.4 is 0 Å². The molecule has 4 aromatic rings. The lowest BCUT2D eigenvalue weighted by molar-refractivity contribution is -0.192. The first kappa shape index (κ1) is 40.1. The zero-order valence-electron chi connectivity index (χ0n) is 30.9. The molecule has 4 aromatic carbocycles. The van der Waals surface area contributed by atoms with Crippen LogP contribution in [0.4, 0.5) is 4.79 Å². The van der Waals surface area contributed by atoms with Crippen molar-refractivity contribution >= 4 is 6.03 Å². The predicted molar refractivity (Wildman–Crippen MR) is 202 cm³/mol. The van der Waals surface area contributed by atoms with Gasteiger partial charge in [0.15, 0.2) is 0 Å². The molecule has 2 amide bonds. The molecule has 0 aromatic heterocycles. The molecule has 1 aliphatic heterocycles. The van der Waals surface area contributed by atoms with Crippen molar-refractivity contribution in [1.29, 1.82) is 10.5 Å². The van der Waals surface area contributed by atoms with Crippen LogP contribution in [0.1, 0.15) is 33.4 Å². The van der Waals surface area contributed by atoms with Gasteiger partial charge in [0.25, 0.3) is 0 Å². The fourth-order valence-corrected chi connectivity index (χ4v) is 6.71. The number of hydrogen-bond acceptors (Lipinski definition) is 9. The Balaban J connectivity index is 1.68. The number of amides is 2. The van der Waals surface area contributed by atoms with Crippen LogP contribution in [0.2, 0.25) is 0 Å². The third-order valence-corrected chi connectivity index (χ3v) is 9.32. The Morgan fingerprint density at radius 1 is 0.556 bits per heavy atom. The highest BCUT2D eigenvalue weighted by molar-refractivity contribution is 5.76. The molecule has 11 nitrogen and oxygen atoms in total. The van der Waals surface area contributed by atoms with E-state index in [4.69, 9.17) is 28.4 Å². The van der Waals surface area contributed by atoms with E-state index in [1.807, 2.05) is 94.7 Å². The SMILES string of the molecule is COCCOCO[C@@H]1[C@@H](OCOCCOC)[C@@H](Cc2ccccc2)N(Cc2cccc(C#N)c2)C(=O)N(Cc2cccc(C#N)c2)[C@@H]1Cc1ccccc1. The van der Waals surface area contributed by atoms with Gasteiger partial charge >= 0.3 is 6.03 Å². The van der Waals surface area contributed by atoms with Crippen LogP contribution in [0.5, 0.6) is 0 Å². The van der Waals surface area contributed by atoms with Gasteiger partial charge in [-0.05, 0) is 59.4 Å². The number of benzene rings is 4. The maximum absolute atomic E-state index is 15.5. The van der Waals surface area contributed by atoms with Crippen LogP contribution in [0.15, 0.2) is 109 Å². The Hall–Kier alpha value is -5.11. The number of urea groups is 1. The number of carbonyl (C=O) groups excluding carboxylic acids is 1. The lowest BCUT2D eigenvalue weighted by Crippen LogP contribution is -2.53.